The fraction of sp³-hybridized carbons (Fsp3) is 0.286. The van der Waals surface area contributed by atoms with E-state index >= 15 is 0 Å². The van der Waals surface area contributed by atoms with Crippen LogP contribution in [0.2, 0.25) is 5.02 Å². The van der Waals surface area contributed by atoms with Gasteiger partial charge in [0.25, 0.3) is 5.91 Å². The van der Waals surface area contributed by atoms with Crippen molar-refractivity contribution in [1.82, 2.24) is 4.90 Å². The van der Waals surface area contributed by atoms with E-state index in [0.717, 1.165) is 5.69 Å². The molecule has 2 heterocycles. The second kappa shape index (κ2) is 8.31. The molecule has 2 amide bonds. The van der Waals surface area contributed by atoms with Crippen LogP contribution < -0.4 is 15.6 Å². The highest BCUT2D eigenvalue weighted by Crippen LogP contribution is 2.26. The molecule has 0 saturated carbocycles. The third-order valence-corrected chi connectivity index (χ3v) is 5.55. The quantitative estimate of drug-likeness (QED) is 0.808. The first kappa shape index (κ1) is 20.2. The Labute approximate surface area is 178 Å². The number of amides is 2. The molecule has 2 aliphatic heterocycles. The zero-order chi connectivity index (χ0) is 21.3. The predicted molar refractivity (Wildman–Crippen MR) is 114 cm³/mol. The van der Waals surface area contributed by atoms with E-state index in [9.17, 15) is 14.0 Å². The van der Waals surface area contributed by atoms with Crippen LogP contribution in [0.15, 0.2) is 53.6 Å². The Morgan fingerprint density at radius 1 is 1.03 bits per heavy atom. The smallest absolute Gasteiger partial charge is 0.270 e. The van der Waals surface area contributed by atoms with Gasteiger partial charge in [0.15, 0.2) is 0 Å². The molecule has 0 unspecified atom stereocenters. The average Bonchev–Trinajstić information content (AvgIpc) is 3.20. The molecule has 1 atom stereocenters. The maximum atomic E-state index is 13.2. The number of primary amides is 1. The monoisotopic (exact) mass is 429 g/mol. The van der Waals surface area contributed by atoms with Gasteiger partial charge in [0.05, 0.1) is 5.69 Å². The van der Waals surface area contributed by atoms with Crippen LogP contribution in [0.25, 0.3) is 0 Å². The molecular formula is C21H21ClFN5O2. The van der Waals surface area contributed by atoms with Crippen LogP contribution in [0.5, 0.6) is 0 Å². The Hall–Kier alpha value is -3.13. The highest BCUT2D eigenvalue weighted by atomic mass is 35.5. The topological polar surface area (TPSA) is 82.2 Å². The lowest BCUT2D eigenvalue weighted by Gasteiger charge is -2.36. The summed E-state index contributed by atoms with van der Waals surface area (Å²) in [4.78, 5) is 28.8. The summed E-state index contributed by atoms with van der Waals surface area (Å²) in [5.74, 6) is -1.19. The van der Waals surface area contributed by atoms with Gasteiger partial charge in [-0.1, -0.05) is 17.7 Å². The van der Waals surface area contributed by atoms with Crippen LogP contribution >= 0.6 is 11.6 Å². The number of carbonyl (C=O) groups is 2. The lowest BCUT2D eigenvalue weighted by Crippen LogP contribution is -2.50. The molecule has 7 nitrogen and oxygen atoms in total. The Morgan fingerprint density at radius 3 is 2.37 bits per heavy atom. The second-order valence-corrected chi connectivity index (χ2v) is 7.69. The first-order valence-electron chi connectivity index (χ1n) is 9.64. The van der Waals surface area contributed by atoms with Gasteiger partial charge >= 0.3 is 0 Å². The van der Waals surface area contributed by atoms with Crippen molar-refractivity contribution < 1.29 is 14.0 Å². The first-order valence-corrected chi connectivity index (χ1v) is 10.0. The summed E-state index contributed by atoms with van der Waals surface area (Å²) in [6.07, 6.45) is 0.125. The maximum absolute atomic E-state index is 13.2. The fourth-order valence-corrected chi connectivity index (χ4v) is 3.90. The van der Waals surface area contributed by atoms with E-state index in [1.807, 2.05) is 24.3 Å². The van der Waals surface area contributed by atoms with Crippen LogP contribution in [0.4, 0.5) is 15.8 Å². The minimum absolute atomic E-state index is 0.125. The molecule has 2 aliphatic rings. The molecule has 0 bridgehead atoms. The largest absolute Gasteiger partial charge is 0.368 e. The summed E-state index contributed by atoms with van der Waals surface area (Å²) in [5, 5.41) is 6.43. The molecule has 1 fully saturated rings. The molecular weight excluding hydrogens is 409 g/mol. The number of hydrogen-bond acceptors (Lipinski definition) is 5. The third kappa shape index (κ3) is 4.09. The summed E-state index contributed by atoms with van der Waals surface area (Å²) in [6, 6.07) is 12.4. The van der Waals surface area contributed by atoms with E-state index in [1.54, 1.807) is 4.90 Å². The number of rotatable bonds is 4. The van der Waals surface area contributed by atoms with E-state index < -0.39 is 17.8 Å². The minimum atomic E-state index is -0.776. The molecule has 0 spiro atoms. The number of piperazine rings is 1. The van der Waals surface area contributed by atoms with Crippen molar-refractivity contribution >= 4 is 40.5 Å². The van der Waals surface area contributed by atoms with Crippen LogP contribution in [-0.2, 0) is 9.59 Å². The Bertz CT molecular complexity index is 989. The number of carbonyl (C=O) groups excluding carboxylic acids is 2. The fourth-order valence-electron chi connectivity index (χ4n) is 3.72. The standard InChI is InChI=1S/C21H21ClFN5O2/c22-14-2-1-3-17(12-14)26-8-10-27(11-9-26)21(30)18-13-19(20(24)29)28(25-18)16-6-4-15(23)5-7-16/h1-7,12,19H,8-11,13H2,(H2,24,29)/t19-/m1/s1. The number of nitrogens with zero attached hydrogens (tertiary/aromatic N) is 4. The number of hydrazone groups is 1. The zero-order valence-corrected chi connectivity index (χ0v) is 16.9. The number of benzene rings is 2. The third-order valence-electron chi connectivity index (χ3n) is 5.32. The van der Waals surface area contributed by atoms with Gasteiger partial charge in [0.1, 0.15) is 17.6 Å². The maximum Gasteiger partial charge on any atom is 0.270 e. The summed E-state index contributed by atoms with van der Waals surface area (Å²) < 4.78 is 13.2. The Kier molecular flexibility index (Phi) is 5.59. The van der Waals surface area contributed by atoms with Crippen LogP contribution in [0, 0.1) is 5.82 Å². The first-order chi connectivity index (χ1) is 14.4. The molecule has 4 rings (SSSR count). The van der Waals surface area contributed by atoms with E-state index in [4.69, 9.17) is 17.3 Å². The van der Waals surface area contributed by atoms with Gasteiger partial charge in [-0.3, -0.25) is 14.6 Å². The highest BCUT2D eigenvalue weighted by molar-refractivity contribution is 6.40. The van der Waals surface area contributed by atoms with Gasteiger partial charge in [0, 0.05) is 43.3 Å². The molecule has 1 saturated heterocycles. The number of anilines is 2. The zero-order valence-electron chi connectivity index (χ0n) is 16.2. The summed E-state index contributed by atoms with van der Waals surface area (Å²) in [6.45, 7) is 2.39. The van der Waals surface area contributed by atoms with Crippen molar-refractivity contribution in [2.45, 2.75) is 12.5 Å². The Morgan fingerprint density at radius 2 is 1.73 bits per heavy atom. The number of nitrogens with two attached hydrogens (primary N) is 1. The highest BCUT2D eigenvalue weighted by Gasteiger charge is 2.37. The molecule has 2 aromatic carbocycles. The molecule has 30 heavy (non-hydrogen) atoms. The minimum Gasteiger partial charge on any atom is -0.368 e. The second-order valence-electron chi connectivity index (χ2n) is 7.25. The SMILES string of the molecule is NC(=O)[C@H]1CC(C(=O)N2CCN(c3cccc(Cl)c3)CC2)=NN1c1ccc(F)cc1. The van der Waals surface area contributed by atoms with E-state index in [1.165, 1.54) is 29.3 Å². The molecule has 9 heteroatoms. The van der Waals surface area contributed by atoms with Gasteiger partial charge < -0.3 is 15.5 Å². The molecule has 0 radical (unpaired) electrons. The van der Waals surface area contributed by atoms with Gasteiger partial charge in [-0.2, -0.15) is 5.10 Å². The summed E-state index contributed by atoms with van der Waals surface area (Å²) in [5.41, 5.74) is 7.32. The predicted octanol–water partition coefficient (Wildman–Crippen LogP) is 2.25. The van der Waals surface area contributed by atoms with E-state index in [0.29, 0.717) is 36.9 Å². The number of hydrogen-bond donors (Lipinski definition) is 1. The molecule has 156 valence electrons. The van der Waals surface area contributed by atoms with Crippen molar-refractivity contribution in [1.29, 1.82) is 0 Å². The van der Waals surface area contributed by atoms with Gasteiger partial charge in [-0.15, -0.1) is 0 Å². The molecule has 2 N–H and O–H groups in total. The summed E-state index contributed by atoms with van der Waals surface area (Å²) in [7, 11) is 0. The molecule has 2 aromatic rings. The molecule has 0 aromatic heterocycles. The number of halogens is 2. The normalized spacial score (nSPS) is 19.1. The lowest BCUT2D eigenvalue weighted by molar-refractivity contribution is -0.124. The van der Waals surface area contributed by atoms with Crippen LogP contribution in [-0.4, -0.2) is 54.6 Å². The van der Waals surface area contributed by atoms with E-state index in [2.05, 4.69) is 10.0 Å². The lowest BCUT2D eigenvalue weighted by atomic mass is 10.1. The Balaban J connectivity index is 1.46. The van der Waals surface area contributed by atoms with Crippen molar-refractivity contribution in [2.75, 3.05) is 36.1 Å². The van der Waals surface area contributed by atoms with Crippen molar-refractivity contribution in [3.63, 3.8) is 0 Å². The summed E-state index contributed by atoms with van der Waals surface area (Å²) >= 11 is 6.07. The van der Waals surface area contributed by atoms with Gasteiger partial charge in [0.2, 0.25) is 5.91 Å². The van der Waals surface area contributed by atoms with Crippen LogP contribution in [0.3, 0.4) is 0 Å². The van der Waals surface area contributed by atoms with Gasteiger partial charge in [-0.05, 0) is 42.5 Å². The molecule has 0 aliphatic carbocycles. The average molecular weight is 430 g/mol. The van der Waals surface area contributed by atoms with Crippen molar-refractivity contribution in [2.24, 2.45) is 10.8 Å². The van der Waals surface area contributed by atoms with Gasteiger partial charge in [-0.25, -0.2) is 4.39 Å². The van der Waals surface area contributed by atoms with Crippen molar-refractivity contribution in [3.8, 4) is 0 Å². The van der Waals surface area contributed by atoms with E-state index in [-0.39, 0.29) is 18.0 Å². The van der Waals surface area contributed by atoms with Crippen LogP contribution in [0.1, 0.15) is 6.42 Å². The van der Waals surface area contributed by atoms with Crippen molar-refractivity contribution in [3.05, 3.63) is 59.4 Å².